The number of carbonyl (C=O) groups excluding carboxylic acids is 1. The van der Waals surface area contributed by atoms with Crippen LogP contribution in [0.4, 0.5) is 10.5 Å². The molecule has 1 aliphatic rings. The van der Waals surface area contributed by atoms with Gasteiger partial charge in [0, 0.05) is 12.2 Å². The molecule has 1 aliphatic heterocycles. The Morgan fingerprint density at radius 1 is 1.41 bits per heavy atom. The Balaban J connectivity index is 2.08. The molecule has 4 heteroatoms. The molecule has 0 saturated carbocycles. The van der Waals surface area contributed by atoms with Crippen LogP contribution in [0.1, 0.15) is 12.5 Å². The third-order valence-electron chi connectivity index (χ3n) is 2.96. The lowest BCUT2D eigenvalue weighted by molar-refractivity contribution is 0.141. The lowest BCUT2D eigenvalue weighted by Crippen LogP contribution is -2.29. The third kappa shape index (κ3) is 2.58. The minimum absolute atomic E-state index is 0.0571. The number of nitrogens with one attached hydrogen (secondary N) is 1. The largest absolute Gasteiger partial charge is 0.443 e. The van der Waals surface area contributed by atoms with Gasteiger partial charge in [0.2, 0.25) is 0 Å². The van der Waals surface area contributed by atoms with Crippen molar-refractivity contribution in [1.82, 2.24) is 5.32 Å². The van der Waals surface area contributed by atoms with E-state index in [0.29, 0.717) is 13.1 Å². The molecule has 92 valence electrons. The molecule has 1 heterocycles. The number of benzene rings is 1. The Bertz CT molecular complexity index is 389. The second-order valence-electron chi connectivity index (χ2n) is 4.19. The molecule has 1 amide bonds. The summed E-state index contributed by atoms with van der Waals surface area (Å²) in [7, 11) is 1.85. The van der Waals surface area contributed by atoms with Crippen molar-refractivity contribution in [3.8, 4) is 0 Å². The summed E-state index contributed by atoms with van der Waals surface area (Å²) in [5.74, 6) is 0. The van der Waals surface area contributed by atoms with E-state index in [1.165, 1.54) is 5.56 Å². The lowest BCUT2D eigenvalue weighted by atomic mass is 10.1. The lowest BCUT2D eigenvalue weighted by Gasteiger charge is -2.13. The second kappa shape index (κ2) is 5.19. The standard InChI is InChI=1S/C13H18N2O2/c1-3-10-4-6-11(7-5-10)15-9-12(8-14-2)17-13(15)16/h4-7,12,14H,3,8-9H2,1-2H3/t12-/m1/s1. The van der Waals surface area contributed by atoms with Crippen LogP contribution in [0.25, 0.3) is 0 Å². The second-order valence-corrected chi connectivity index (χ2v) is 4.19. The normalized spacial score (nSPS) is 19.5. The Morgan fingerprint density at radius 2 is 2.12 bits per heavy atom. The van der Waals surface area contributed by atoms with Gasteiger partial charge in [-0.1, -0.05) is 19.1 Å². The van der Waals surface area contributed by atoms with E-state index < -0.39 is 0 Å². The fourth-order valence-electron chi connectivity index (χ4n) is 1.98. The van der Waals surface area contributed by atoms with Gasteiger partial charge < -0.3 is 10.1 Å². The van der Waals surface area contributed by atoms with Crippen molar-refractivity contribution >= 4 is 11.8 Å². The summed E-state index contributed by atoms with van der Waals surface area (Å²) in [6.45, 7) is 3.42. The van der Waals surface area contributed by atoms with Crippen molar-refractivity contribution in [2.24, 2.45) is 0 Å². The zero-order valence-electron chi connectivity index (χ0n) is 10.3. The number of anilines is 1. The number of carbonyl (C=O) groups is 1. The summed E-state index contributed by atoms with van der Waals surface area (Å²) in [4.78, 5) is 13.4. The molecule has 1 saturated heterocycles. The SMILES string of the molecule is CCc1ccc(N2C[C@@H](CNC)OC2=O)cc1. The van der Waals surface area contributed by atoms with Crippen LogP contribution in [0.2, 0.25) is 0 Å². The predicted molar refractivity (Wildman–Crippen MR) is 67.4 cm³/mol. The Kier molecular flexibility index (Phi) is 3.64. The monoisotopic (exact) mass is 234 g/mol. The molecule has 4 nitrogen and oxygen atoms in total. The quantitative estimate of drug-likeness (QED) is 0.863. The van der Waals surface area contributed by atoms with E-state index in [1.807, 2.05) is 31.3 Å². The van der Waals surface area contributed by atoms with Gasteiger partial charge in [0.05, 0.1) is 6.54 Å². The van der Waals surface area contributed by atoms with Crippen LogP contribution in [0.15, 0.2) is 24.3 Å². The maximum atomic E-state index is 11.7. The first-order chi connectivity index (χ1) is 8.24. The van der Waals surface area contributed by atoms with Gasteiger partial charge in [0.25, 0.3) is 0 Å². The number of hydrogen-bond acceptors (Lipinski definition) is 3. The van der Waals surface area contributed by atoms with Gasteiger partial charge in [0.1, 0.15) is 6.10 Å². The van der Waals surface area contributed by atoms with Gasteiger partial charge in [-0.05, 0) is 31.2 Å². The van der Waals surface area contributed by atoms with E-state index in [4.69, 9.17) is 4.74 Å². The summed E-state index contributed by atoms with van der Waals surface area (Å²) in [6.07, 6.45) is 0.695. The highest BCUT2D eigenvalue weighted by molar-refractivity contribution is 5.89. The molecule has 0 aliphatic carbocycles. The molecule has 1 N–H and O–H groups in total. The molecule has 1 aromatic rings. The van der Waals surface area contributed by atoms with Crippen LogP contribution >= 0.6 is 0 Å². The van der Waals surface area contributed by atoms with Gasteiger partial charge in [-0.15, -0.1) is 0 Å². The highest BCUT2D eigenvalue weighted by Gasteiger charge is 2.31. The summed E-state index contributed by atoms with van der Waals surface area (Å²) >= 11 is 0. The minimum atomic E-state index is -0.255. The zero-order chi connectivity index (χ0) is 12.3. The van der Waals surface area contributed by atoms with E-state index in [1.54, 1.807) is 4.90 Å². The average molecular weight is 234 g/mol. The molecule has 2 rings (SSSR count). The summed E-state index contributed by atoms with van der Waals surface area (Å²) in [5, 5.41) is 3.02. The maximum Gasteiger partial charge on any atom is 0.414 e. The van der Waals surface area contributed by atoms with Crippen molar-refractivity contribution in [1.29, 1.82) is 0 Å². The highest BCUT2D eigenvalue weighted by atomic mass is 16.6. The van der Waals surface area contributed by atoms with Crippen LogP contribution in [0.5, 0.6) is 0 Å². The fraction of sp³-hybridized carbons (Fsp3) is 0.462. The number of ether oxygens (including phenoxy) is 1. The minimum Gasteiger partial charge on any atom is -0.443 e. The van der Waals surface area contributed by atoms with Crippen molar-refractivity contribution in [3.05, 3.63) is 29.8 Å². The number of rotatable bonds is 4. The predicted octanol–water partition coefficient (Wildman–Crippen LogP) is 1.79. The molecule has 0 spiro atoms. The molecular weight excluding hydrogens is 216 g/mol. The maximum absolute atomic E-state index is 11.7. The van der Waals surface area contributed by atoms with Crippen LogP contribution in [0.3, 0.4) is 0 Å². The van der Waals surface area contributed by atoms with E-state index in [9.17, 15) is 4.79 Å². The number of amides is 1. The first kappa shape index (κ1) is 11.9. The van der Waals surface area contributed by atoms with Crippen LogP contribution in [0, 0.1) is 0 Å². The van der Waals surface area contributed by atoms with Gasteiger partial charge in [-0.3, -0.25) is 4.90 Å². The number of cyclic esters (lactones) is 1. The van der Waals surface area contributed by atoms with E-state index in [-0.39, 0.29) is 12.2 Å². The first-order valence-electron chi connectivity index (χ1n) is 5.96. The summed E-state index contributed by atoms with van der Waals surface area (Å²) < 4.78 is 5.25. The summed E-state index contributed by atoms with van der Waals surface area (Å²) in [5.41, 5.74) is 2.18. The van der Waals surface area contributed by atoms with Crippen LogP contribution in [-0.4, -0.2) is 32.3 Å². The Labute approximate surface area is 102 Å². The van der Waals surface area contributed by atoms with Gasteiger partial charge in [0.15, 0.2) is 0 Å². The molecular formula is C13H18N2O2. The van der Waals surface area contributed by atoms with Gasteiger partial charge >= 0.3 is 6.09 Å². The number of nitrogens with zero attached hydrogens (tertiary/aromatic N) is 1. The number of hydrogen-bond donors (Lipinski definition) is 1. The van der Waals surface area contributed by atoms with Gasteiger partial charge in [-0.25, -0.2) is 4.79 Å². The van der Waals surface area contributed by atoms with Crippen molar-refractivity contribution in [2.45, 2.75) is 19.4 Å². The van der Waals surface area contributed by atoms with Crippen LogP contribution in [-0.2, 0) is 11.2 Å². The Hall–Kier alpha value is -1.55. The molecule has 1 aromatic carbocycles. The summed E-state index contributed by atoms with van der Waals surface area (Å²) in [6, 6.07) is 8.05. The molecule has 1 atom stereocenters. The molecule has 0 unspecified atom stereocenters. The molecule has 17 heavy (non-hydrogen) atoms. The third-order valence-corrected chi connectivity index (χ3v) is 2.96. The molecule has 0 radical (unpaired) electrons. The fourth-order valence-corrected chi connectivity index (χ4v) is 1.98. The zero-order valence-corrected chi connectivity index (χ0v) is 10.3. The highest BCUT2D eigenvalue weighted by Crippen LogP contribution is 2.21. The van der Waals surface area contributed by atoms with Crippen LogP contribution < -0.4 is 10.2 Å². The van der Waals surface area contributed by atoms with E-state index in [0.717, 1.165) is 12.1 Å². The smallest absolute Gasteiger partial charge is 0.414 e. The van der Waals surface area contributed by atoms with Gasteiger partial charge in [-0.2, -0.15) is 0 Å². The van der Waals surface area contributed by atoms with Crippen molar-refractivity contribution < 1.29 is 9.53 Å². The Morgan fingerprint density at radius 3 is 2.71 bits per heavy atom. The molecule has 1 fully saturated rings. The van der Waals surface area contributed by atoms with E-state index in [2.05, 4.69) is 12.2 Å². The van der Waals surface area contributed by atoms with E-state index >= 15 is 0 Å². The topological polar surface area (TPSA) is 41.6 Å². The first-order valence-corrected chi connectivity index (χ1v) is 5.96. The molecule has 0 bridgehead atoms. The number of likely N-dealkylation sites (N-methyl/N-ethyl adjacent to an activating group) is 1. The number of aryl methyl sites for hydroxylation is 1. The average Bonchev–Trinajstić information content (AvgIpc) is 2.71. The van der Waals surface area contributed by atoms with Crippen molar-refractivity contribution in [3.63, 3.8) is 0 Å². The molecule has 0 aromatic heterocycles. The van der Waals surface area contributed by atoms with Crippen molar-refractivity contribution in [2.75, 3.05) is 25.0 Å².